The van der Waals surface area contributed by atoms with Crippen molar-refractivity contribution in [1.82, 2.24) is 0 Å². The zero-order valence-electron chi connectivity index (χ0n) is 30.9. The van der Waals surface area contributed by atoms with Crippen LogP contribution in [0.4, 0.5) is 0 Å². The molecule has 10 atom stereocenters. The number of carbonyl (C=O) groups is 4. The van der Waals surface area contributed by atoms with E-state index in [1.165, 1.54) is 21.0 Å². The van der Waals surface area contributed by atoms with E-state index in [-0.39, 0.29) is 30.5 Å². The monoisotopic (exact) mass is 710 g/mol. The van der Waals surface area contributed by atoms with E-state index in [2.05, 4.69) is 13.8 Å². The molecule has 4 aliphatic carbocycles. The second-order valence-corrected chi connectivity index (χ2v) is 16.5. The average molecular weight is 711 g/mol. The highest BCUT2D eigenvalue weighted by Crippen LogP contribution is 2.67. The van der Waals surface area contributed by atoms with E-state index in [0.717, 1.165) is 24.0 Å². The number of ether oxygens (including phenoxy) is 8. The van der Waals surface area contributed by atoms with Crippen molar-refractivity contribution in [3.63, 3.8) is 0 Å². The minimum atomic E-state index is -1.26. The van der Waals surface area contributed by atoms with Crippen molar-refractivity contribution in [2.45, 2.75) is 129 Å². The number of hydrogen-bond acceptors (Lipinski definition) is 12. The van der Waals surface area contributed by atoms with Gasteiger partial charge in [-0.25, -0.2) is 4.79 Å². The van der Waals surface area contributed by atoms with Gasteiger partial charge >= 0.3 is 23.9 Å². The van der Waals surface area contributed by atoms with Crippen molar-refractivity contribution in [2.75, 3.05) is 13.7 Å². The molecule has 2 saturated heterocycles. The highest BCUT2D eigenvalue weighted by molar-refractivity contribution is 5.90. The summed E-state index contributed by atoms with van der Waals surface area (Å²) in [4.78, 5) is 53.7. The molecule has 0 amide bonds. The van der Waals surface area contributed by atoms with E-state index in [9.17, 15) is 19.2 Å². The Labute approximate surface area is 298 Å². The lowest BCUT2D eigenvalue weighted by Crippen LogP contribution is -2.80. The molecule has 278 valence electrons. The molecule has 3 saturated carbocycles. The molecule has 12 heteroatoms. The molecule has 1 aromatic carbocycles. The minimum Gasteiger partial charge on any atom is -0.497 e. The maximum absolute atomic E-state index is 14.4. The lowest BCUT2D eigenvalue weighted by molar-refractivity contribution is -0.354. The van der Waals surface area contributed by atoms with E-state index < -0.39 is 88.6 Å². The second-order valence-electron chi connectivity index (χ2n) is 16.5. The summed E-state index contributed by atoms with van der Waals surface area (Å²) in [7, 11) is 1.52. The summed E-state index contributed by atoms with van der Waals surface area (Å²) in [6, 6.07) is 6.72. The third kappa shape index (κ3) is 5.76. The van der Waals surface area contributed by atoms with E-state index in [1.807, 2.05) is 27.7 Å². The van der Waals surface area contributed by atoms with Crippen LogP contribution in [0.1, 0.15) is 91.4 Å². The summed E-state index contributed by atoms with van der Waals surface area (Å²) in [6.45, 7) is 14.6. The second kappa shape index (κ2) is 12.3. The number of hydrogen-bond donors (Lipinski definition) is 0. The fourth-order valence-corrected chi connectivity index (χ4v) is 10.0. The molecule has 2 heterocycles. The molecule has 12 nitrogen and oxygen atoms in total. The predicted molar refractivity (Wildman–Crippen MR) is 179 cm³/mol. The van der Waals surface area contributed by atoms with Crippen LogP contribution in [-0.2, 0) is 47.5 Å². The maximum atomic E-state index is 14.4. The third-order valence-corrected chi connectivity index (χ3v) is 12.5. The number of rotatable bonds is 7. The number of esters is 4. The molecule has 51 heavy (non-hydrogen) atoms. The standard InChI is InChI=1S/C39H50O12/c1-19-26(46-20(2)40)16-25-30(48-34(42)23-11-10-12-24(15-23)44-9)32-38(8,33-31(29(19)36(25,4)5)49-37(6,7)50-33)27(47-21(3)41)17-28-39(32,18-45-28)51-35(43)22-13-14-22/h10-12,15,22,25-28,30-33H,13-14,16-18H2,1-9H3/t25-,26-,27-,28+,30+,31+,32-,33-,38+,39-/m0/s1. The molecule has 0 aromatic heterocycles. The van der Waals surface area contributed by atoms with Crippen LogP contribution in [0.15, 0.2) is 35.4 Å². The van der Waals surface area contributed by atoms with E-state index >= 15 is 0 Å². The van der Waals surface area contributed by atoms with Gasteiger partial charge in [-0.1, -0.05) is 26.8 Å². The van der Waals surface area contributed by atoms with Gasteiger partial charge in [0.25, 0.3) is 0 Å². The van der Waals surface area contributed by atoms with Crippen molar-refractivity contribution in [3.8, 4) is 5.75 Å². The number of carbonyl (C=O) groups excluding carboxylic acids is 4. The van der Waals surface area contributed by atoms with Crippen molar-refractivity contribution < 1.29 is 57.1 Å². The van der Waals surface area contributed by atoms with Crippen LogP contribution in [0.3, 0.4) is 0 Å². The molecule has 1 aromatic rings. The fourth-order valence-electron chi connectivity index (χ4n) is 10.0. The summed E-state index contributed by atoms with van der Waals surface area (Å²) in [5, 5.41) is 0. The van der Waals surface area contributed by atoms with Crippen molar-refractivity contribution >= 4 is 23.9 Å². The Hall–Kier alpha value is -3.48. The first-order valence-electron chi connectivity index (χ1n) is 18.0. The first-order chi connectivity index (χ1) is 23.9. The Kier molecular flexibility index (Phi) is 8.66. The fraction of sp³-hybridized carbons (Fsp3) is 0.692. The average Bonchev–Trinajstić information content (AvgIpc) is 3.84. The van der Waals surface area contributed by atoms with Gasteiger partial charge in [-0.2, -0.15) is 0 Å². The summed E-state index contributed by atoms with van der Waals surface area (Å²) < 4.78 is 51.0. The third-order valence-electron chi connectivity index (χ3n) is 12.5. The van der Waals surface area contributed by atoms with Gasteiger partial charge < -0.3 is 37.9 Å². The predicted octanol–water partition coefficient (Wildman–Crippen LogP) is 5.10. The lowest BCUT2D eigenvalue weighted by atomic mass is 9.45. The topological polar surface area (TPSA) is 142 Å². The van der Waals surface area contributed by atoms with E-state index in [4.69, 9.17) is 37.9 Å². The van der Waals surface area contributed by atoms with Crippen LogP contribution in [-0.4, -0.2) is 85.6 Å². The summed E-state index contributed by atoms with van der Waals surface area (Å²) in [5.74, 6) is -4.00. The molecule has 0 radical (unpaired) electrons. The van der Waals surface area contributed by atoms with Crippen LogP contribution in [0.2, 0.25) is 0 Å². The largest absolute Gasteiger partial charge is 0.497 e. The van der Waals surface area contributed by atoms with Crippen LogP contribution < -0.4 is 4.74 Å². The Balaban J connectivity index is 1.50. The Morgan fingerprint density at radius 3 is 2.22 bits per heavy atom. The molecule has 6 aliphatic rings. The van der Waals surface area contributed by atoms with Crippen LogP contribution in [0.5, 0.6) is 5.75 Å². The molecule has 5 fully saturated rings. The minimum absolute atomic E-state index is 0.0558. The number of fused-ring (bicyclic) bond motifs is 8. The molecule has 0 spiro atoms. The van der Waals surface area contributed by atoms with Gasteiger partial charge in [-0.15, -0.1) is 0 Å². The van der Waals surface area contributed by atoms with Gasteiger partial charge in [0.2, 0.25) is 0 Å². The molecule has 2 bridgehead atoms. The van der Waals surface area contributed by atoms with Gasteiger partial charge in [-0.3, -0.25) is 14.4 Å². The quantitative estimate of drug-likeness (QED) is 0.211. The highest BCUT2D eigenvalue weighted by atomic mass is 16.8. The van der Waals surface area contributed by atoms with E-state index in [0.29, 0.717) is 12.2 Å². The first-order valence-corrected chi connectivity index (χ1v) is 18.0. The summed E-state index contributed by atoms with van der Waals surface area (Å²) in [6.07, 6.45) is -2.53. The Morgan fingerprint density at radius 2 is 1.61 bits per heavy atom. The van der Waals surface area contributed by atoms with E-state index in [1.54, 1.807) is 24.3 Å². The molecule has 0 unspecified atom stereocenters. The SMILES string of the molecule is COc1cccc(C(=O)O[C@H]2[C@@H]3[C@]4(OC(=O)C5CC5)CO[C@@H]4C[C@H](OC(C)=O)[C@@]3(C)[C@H]3OC(C)(C)O[C@@H]3C3=C(C)[C@@H](OC(C)=O)C[C@@H]2C3(C)C)c1. The lowest BCUT2D eigenvalue weighted by Gasteiger charge is -2.67. The molecule has 0 N–H and O–H groups in total. The molecule has 2 aliphatic heterocycles. The van der Waals surface area contributed by atoms with Gasteiger partial charge in [-0.05, 0) is 74.8 Å². The van der Waals surface area contributed by atoms with Crippen LogP contribution in [0, 0.1) is 28.6 Å². The molecular formula is C39H50O12. The zero-order chi connectivity index (χ0) is 36.8. The smallest absolute Gasteiger partial charge is 0.338 e. The number of methoxy groups -OCH3 is 1. The van der Waals surface area contributed by atoms with Crippen molar-refractivity contribution in [2.24, 2.45) is 28.6 Å². The van der Waals surface area contributed by atoms with Crippen molar-refractivity contribution in [1.29, 1.82) is 0 Å². The van der Waals surface area contributed by atoms with Gasteiger partial charge in [0.05, 0.1) is 31.1 Å². The highest BCUT2D eigenvalue weighted by Gasteiger charge is 2.78. The van der Waals surface area contributed by atoms with Crippen LogP contribution >= 0.6 is 0 Å². The van der Waals surface area contributed by atoms with Gasteiger partial charge in [0.15, 0.2) is 11.4 Å². The normalized spacial score (nSPS) is 38.7. The number of benzene rings is 1. The first kappa shape index (κ1) is 35.9. The van der Waals surface area contributed by atoms with Crippen molar-refractivity contribution in [3.05, 3.63) is 41.0 Å². The zero-order valence-corrected chi connectivity index (χ0v) is 30.9. The molecule has 7 rings (SSSR count). The Bertz CT molecular complexity index is 1660. The van der Waals surface area contributed by atoms with Crippen LogP contribution in [0.25, 0.3) is 0 Å². The van der Waals surface area contributed by atoms with Gasteiger partial charge in [0.1, 0.15) is 42.4 Å². The molecular weight excluding hydrogens is 660 g/mol. The van der Waals surface area contributed by atoms with Gasteiger partial charge in [0, 0.05) is 31.6 Å². The summed E-state index contributed by atoms with van der Waals surface area (Å²) in [5.41, 5.74) is -1.15. The maximum Gasteiger partial charge on any atom is 0.338 e. The Morgan fingerprint density at radius 1 is 0.902 bits per heavy atom. The summed E-state index contributed by atoms with van der Waals surface area (Å²) >= 11 is 0.